The molecule has 1 N–H and O–H groups in total. The molecule has 6 nitrogen and oxygen atoms in total. The third-order valence-corrected chi connectivity index (χ3v) is 4.46. The van der Waals surface area contributed by atoms with Crippen LogP contribution in [-0.4, -0.2) is 9.13 Å². The molecular formula is C17H18N4O2. The van der Waals surface area contributed by atoms with Crippen molar-refractivity contribution in [1.29, 1.82) is 5.26 Å². The van der Waals surface area contributed by atoms with Gasteiger partial charge in [-0.25, -0.2) is 4.79 Å². The minimum absolute atomic E-state index is 0.00949. The van der Waals surface area contributed by atoms with Crippen molar-refractivity contribution in [3.63, 3.8) is 0 Å². The summed E-state index contributed by atoms with van der Waals surface area (Å²) in [6.07, 6.45) is 2.94. The van der Waals surface area contributed by atoms with Gasteiger partial charge in [-0.1, -0.05) is 24.3 Å². The molecule has 1 aromatic heterocycles. The summed E-state index contributed by atoms with van der Waals surface area (Å²) >= 11 is 0. The molecule has 0 spiro atoms. The molecule has 1 heterocycles. The first kappa shape index (κ1) is 15.1. The van der Waals surface area contributed by atoms with E-state index in [0.717, 1.165) is 29.4 Å². The van der Waals surface area contributed by atoms with Crippen LogP contribution in [0, 0.1) is 11.3 Å². The number of aryl methyl sites for hydroxylation is 1. The van der Waals surface area contributed by atoms with E-state index in [1.54, 1.807) is 7.05 Å². The highest BCUT2D eigenvalue weighted by atomic mass is 16.2. The Morgan fingerprint density at radius 1 is 1.22 bits per heavy atom. The minimum Gasteiger partial charge on any atom is -0.363 e. The van der Waals surface area contributed by atoms with Gasteiger partial charge in [0.15, 0.2) is 5.56 Å². The van der Waals surface area contributed by atoms with Crippen LogP contribution in [0.25, 0.3) is 0 Å². The van der Waals surface area contributed by atoms with Crippen LogP contribution in [0.5, 0.6) is 0 Å². The maximum atomic E-state index is 12.2. The molecular weight excluding hydrogens is 292 g/mol. The van der Waals surface area contributed by atoms with Crippen LogP contribution in [0.4, 0.5) is 5.82 Å². The highest BCUT2D eigenvalue weighted by Gasteiger charge is 2.23. The Kier molecular flexibility index (Phi) is 3.78. The lowest BCUT2D eigenvalue weighted by atomic mass is 9.87. The highest BCUT2D eigenvalue weighted by molar-refractivity contribution is 5.53. The van der Waals surface area contributed by atoms with E-state index in [1.807, 2.05) is 18.2 Å². The zero-order valence-electron chi connectivity index (χ0n) is 13.2. The highest BCUT2D eigenvalue weighted by Crippen LogP contribution is 2.32. The van der Waals surface area contributed by atoms with Crippen molar-refractivity contribution in [2.75, 3.05) is 5.32 Å². The minimum atomic E-state index is -0.567. The Labute approximate surface area is 133 Å². The number of nitrogens with zero attached hydrogens (tertiary/aromatic N) is 3. The molecule has 0 saturated carbocycles. The number of hydrogen-bond donors (Lipinski definition) is 1. The van der Waals surface area contributed by atoms with Gasteiger partial charge < -0.3 is 5.32 Å². The number of rotatable bonds is 2. The van der Waals surface area contributed by atoms with E-state index in [0.29, 0.717) is 5.82 Å². The Hall–Kier alpha value is -2.81. The fraction of sp³-hybridized carbons (Fsp3) is 0.353. The van der Waals surface area contributed by atoms with Gasteiger partial charge in [-0.2, -0.15) is 5.26 Å². The number of nitriles is 1. The summed E-state index contributed by atoms with van der Waals surface area (Å²) in [6, 6.07) is 10.1. The van der Waals surface area contributed by atoms with Crippen molar-refractivity contribution >= 4 is 5.82 Å². The fourth-order valence-corrected chi connectivity index (χ4v) is 3.18. The van der Waals surface area contributed by atoms with Gasteiger partial charge in [-0.05, 0) is 30.4 Å². The third kappa shape index (κ3) is 2.44. The molecule has 0 radical (unpaired) electrons. The van der Waals surface area contributed by atoms with Crippen molar-refractivity contribution < 1.29 is 0 Å². The molecule has 0 saturated heterocycles. The standard InChI is InChI=1S/C17H18N4O2/c1-20-15(13(10-18)16(22)21(2)17(20)23)19-14-9-5-7-11-6-3-4-8-12(11)14/h3-4,6,8,14,19H,5,7,9H2,1-2H3. The van der Waals surface area contributed by atoms with Gasteiger partial charge in [0.05, 0.1) is 6.04 Å². The Morgan fingerprint density at radius 3 is 2.70 bits per heavy atom. The number of fused-ring (bicyclic) bond motifs is 1. The molecule has 3 rings (SSSR count). The molecule has 1 atom stereocenters. The molecule has 0 aliphatic heterocycles. The first-order chi connectivity index (χ1) is 11.0. The van der Waals surface area contributed by atoms with Crippen LogP contribution in [0.2, 0.25) is 0 Å². The van der Waals surface area contributed by atoms with Crippen molar-refractivity contribution in [2.24, 2.45) is 14.1 Å². The van der Waals surface area contributed by atoms with Crippen molar-refractivity contribution in [2.45, 2.75) is 25.3 Å². The summed E-state index contributed by atoms with van der Waals surface area (Å²) in [4.78, 5) is 24.3. The first-order valence-corrected chi connectivity index (χ1v) is 7.59. The van der Waals surface area contributed by atoms with E-state index in [4.69, 9.17) is 0 Å². The van der Waals surface area contributed by atoms with E-state index in [-0.39, 0.29) is 11.6 Å². The van der Waals surface area contributed by atoms with E-state index in [2.05, 4.69) is 17.4 Å². The maximum absolute atomic E-state index is 12.2. The van der Waals surface area contributed by atoms with Crippen LogP contribution >= 0.6 is 0 Å². The van der Waals surface area contributed by atoms with Gasteiger partial charge in [-0.3, -0.25) is 13.9 Å². The van der Waals surface area contributed by atoms with Gasteiger partial charge >= 0.3 is 5.69 Å². The summed E-state index contributed by atoms with van der Waals surface area (Å²) in [7, 11) is 2.95. The molecule has 2 aromatic rings. The molecule has 118 valence electrons. The lowest BCUT2D eigenvalue weighted by molar-refractivity contribution is 0.588. The Balaban J connectivity index is 2.11. The van der Waals surface area contributed by atoms with Gasteiger partial charge in [0, 0.05) is 14.1 Å². The van der Waals surface area contributed by atoms with E-state index >= 15 is 0 Å². The van der Waals surface area contributed by atoms with E-state index in [9.17, 15) is 14.9 Å². The summed E-state index contributed by atoms with van der Waals surface area (Å²) in [6.45, 7) is 0. The zero-order valence-corrected chi connectivity index (χ0v) is 13.2. The third-order valence-electron chi connectivity index (χ3n) is 4.46. The summed E-state index contributed by atoms with van der Waals surface area (Å²) in [5.74, 6) is 0.294. The molecule has 23 heavy (non-hydrogen) atoms. The number of anilines is 1. The van der Waals surface area contributed by atoms with Crippen molar-refractivity contribution in [3.05, 3.63) is 61.8 Å². The second-order valence-electron chi connectivity index (χ2n) is 5.83. The summed E-state index contributed by atoms with van der Waals surface area (Å²) < 4.78 is 2.29. The van der Waals surface area contributed by atoms with Crippen molar-refractivity contribution in [3.8, 4) is 6.07 Å². The molecule has 0 bridgehead atoms. The lowest BCUT2D eigenvalue weighted by Crippen LogP contribution is -2.40. The normalized spacial score (nSPS) is 16.5. The smallest absolute Gasteiger partial charge is 0.332 e. The lowest BCUT2D eigenvalue weighted by Gasteiger charge is -2.28. The SMILES string of the molecule is Cn1c(NC2CCCc3ccccc32)c(C#N)c(=O)n(C)c1=O. The molecule has 1 aliphatic rings. The number of aromatic nitrogens is 2. The number of hydrogen-bond acceptors (Lipinski definition) is 4. The predicted molar refractivity (Wildman–Crippen MR) is 87.4 cm³/mol. The fourth-order valence-electron chi connectivity index (χ4n) is 3.18. The van der Waals surface area contributed by atoms with E-state index in [1.165, 1.54) is 17.2 Å². The quantitative estimate of drug-likeness (QED) is 0.910. The van der Waals surface area contributed by atoms with Crippen molar-refractivity contribution in [1.82, 2.24) is 9.13 Å². The second kappa shape index (κ2) is 5.76. The van der Waals surface area contributed by atoms with Crippen LogP contribution in [0.15, 0.2) is 33.9 Å². The van der Waals surface area contributed by atoms with Gasteiger partial charge in [0.1, 0.15) is 11.9 Å². The number of benzene rings is 1. The zero-order chi connectivity index (χ0) is 16.6. The molecule has 1 unspecified atom stereocenters. The van der Waals surface area contributed by atoms with Gasteiger partial charge in [-0.15, -0.1) is 0 Å². The number of nitrogens with one attached hydrogen (secondary N) is 1. The largest absolute Gasteiger partial charge is 0.363 e. The monoisotopic (exact) mass is 310 g/mol. The molecule has 1 aliphatic carbocycles. The maximum Gasteiger partial charge on any atom is 0.332 e. The average molecular weight is 310 g/mol. The second-order valence-corrected chi connectivity index (χ2v) is 5.83. The van der Waals surface area contributed by atoms with Gasteiger partial charge in [0.2, 0.25) is 0 Å². The molecule has 0 fully saturated rings. The molecule has 1 aromatic carbocycles. The topological polar surface area (TPSA) is 79.8 Å². The first-order valence-electron chi connectivity index (χ1n) is 7.59. The van der Waals surface area contributed by atoms with Crippen LogP contribution in [0.1, 0.15) is 35.6 Å². The Bertz CT molecular complexity index is 918. The van der Waals surface area contributed by atoms with Gasteiger partial charge in [0.25, 0.3) is 5.56 Å². The Morgan fingerprint density at radius 2 is 1.96 bits per heavy atom. The predicted octanol–water partition coefficient (Wildman–Crippen LogP) is 1.45. The van der Waals surface area contributed by atoms with Crippen LogP contribution in [-0.2, 0) is 20.5 Å². The summed E-state index contributed by atoms with van der Waals surface area (Å²) in [5.41, 5.74) is 1.39. The van der Waals surface area contributed by atoms with E-state index < -0.39 is 11.2 Å². The van der Waals surface area contributed by atoms with Crippen LogP contribution < -0.4 is 16.6 Å². The molecule has 6 heteroatoms. The molecule has 0 amide bonds. The van der Waals surface area contributed by atoms with Crippen LogP contribution in [0.3, 0.4) is 0 Å². The average Bonchev–Trinajstić information content (AvgIpc) is 2.58. The summed E-state index contributed by atoms with van der Waals surface area (Å²) in [5, 5.41) is 12.6.